The van der Waals surface area contributed by atoms with Crippen molar-refractivity contribution in [3.8, 4) is 0 Å². The number of nitrogens with zero attached hydrogens (tertiary/aromatic N) is 4. The molecule has 2 aromatic heterocycles. The Labute approximate surface area is 118 Å². The number of anilines is 1. The molecule has 0 unspecified atom stereocenters. The fraction of sp³-hybridized carbons (Fsp3) is 0.364. The number of rotatable bonds is 5. The second-order valence-electron chi connectivity index (χ2n) is 4.06. The van der Waals surface area contributed by atoms with Gasteiger partial charge in [-0.05, 0) is 29.3 Å². The van der Waals surface area contributed by atoms with Crippen molar-refractivity contribution < 1.29 is 14.7 Å². The van der Waals surface area contributed by atoms with Crippen LogP contribution in [0.25, 0.3) is 0 Å². The quantitative estimate of drug-likeness (QED) is 0.849. The van der Waals surface area contributed by atoms with Crippen LogP contribution in [0.15, 0.2) is 6.33 Å². The summed E-state index contributed by atoms with van der Waals surface area (Å²) < 4.78 is 1.26. The van der Waals surface area contributed by atoms with Gasteiger partial charge in [0.05, 0.1) is 5.56 Å². The van der Waals surface area contributed by atoms with E-state index in [1.54, 1.807) is 0 Å². The minimum absolute atomic E-state index is 0.0650. The third-order valence-electron chi connectivity index (χ3n) is 2.73. The summed E-state index contributed by atoms with van der Waals surface area (Å²) in [5.74, 6) is -1.41. The molecule has 2 N–H and O–H groups in total. The third kappa shape index (κ3) is 2.82. The molecule has 0 aromatic carbocycles. The summed E-state index contributed by atoms with van der Waals surface area (Å²) in [5, 5.41) is 22.7. The Bertz CT molecular complexity index is 635. The van der Waals surface area contributed by atoms with Crippen molar-refractivity contribution in [2.45, 2.75) is 26.8 Å². The number of hydrogen-bond donors (Lipinski definition) is 2. The average Bonchev–Trinajstić information content (AvgIpc) is 2.96. The van der Waals surface area contributed by atoms with Crippen LogP contribution in [0.5, 0.6) is 0 Å². The number of aromatic nitrogens is 4. The molecule has 0 atom stereocenters. The van der Waals surface area contributed by atoms with Gasteiger partial charge in [-0.15, -0.1) is 16.4 Å². The highest BCUT2D eigenvalue weighted by atomic mass is 32.1. The molecule has 0 aliphatic carbocycles. The standard InChI is InChI=1S/C11H13N5O3S/c1-3-7-6(2)20-10(9(7)11(18)19)13-8(17)4-16-5-12-14-15-16/h5H,3-4H2,1-2H3,(H,13,17)(H,18,19). The highest BCUT2D eigenvalue weighted by Gasteiger charge is 2.21. The molecule has 2 aromatic rings. The van der Waals surface area contributed by atoms with Gasteiger partial charge in [0.2, 0.25) is 5.91 Å². The van der Waals surface area contributed by atoms with Crippen LogP contribution in [-0.4, -0.2) is 37.2 Å². The van der Waals surface area contributed by atoms with Gasteiger partial charge in [-0.25, -0.2) is 9.48 Å². The Morgan fingerprint density at radius 2 is 2.25 bits per heavy atom. The lowest BCUT2D eigenvalue weighted by Crippen LogP contribution is -2.20. The molecule has 0 aliphatic heterocycles. The van der Waals surface area contributed by atoms with Crippen molar-refractivity contribution in [1.82, 2.24) is 20.2 Å². The van der Waals surface area contributed by atoms with Crippen molar-refractivity contribution in [2.75, 3.05) is 5.32 Å². The number of nitrogens with one attached hydrogen (secondary N) is 1. The summed E-state index contributed by atoms with van der Waals surface area (Å²) in [6.07, 6.45) is 1.92. The Hall–Kier alpha value is -2.29. The number of amides is 1. The molecular weight excluding hydrogens is 282 g/mol. The summed E-state index contributed by atoms with van der Waals surface area (Å²) in [6, 6.07) is 0. The number of tetrazole rings is 1. The van der Waals surface area contributed by atoms with E-state index in [1.807, 2.05) is 13.8 Å². The van der Waals surface area contributed by atoms with Gasteiger partial charge in [0.15, 0.2) is 0 Å². The van der Waals surface area contributed by atoms with Gasteiger partial charge < -0.3 is 10.4 Å². The van der Waals surface area contributed by atoms with E-state index in [4.69, 9.17) is 0 Å². The zero-order valence-corrected chi connectivity index (χ0v) is 11.8. The summed E-state index contributed by atoms with van der Waals surface area (Å²) in [5.41, 5.74) is 0.917. The summed E-state index contributed by atoms with van der Waals surface area (Å²) in [4.78, 5) is 24.1. The smallest absolute Gasteiger partial charge is 0.339 e. The molecular formula is C11H13N5O3S. The molecule has 0 aliphatic rings. The van der Waals surface area contributed by atoms with Gasteiger partial charge in [0.1, 0.15) is 17.9 Å². The normalized spacial score (nSPS) is 10.5. The molecule has 0 fully saturated rings. The van der Waals surface area contributed by atoms with E-state index in [2.05, 4.69) is 20.8 Å². The average molecular weight is 295 g/mol. The molecule has 8 nitrogen and oxygen atoms in total. The lowest BCUT2D eigenvalue weighted by Gasteiger charge is -2.04. The third-order valence-corrected chi connectivity index (χ3v) is 3.79. The van der Waals surface area contributed by atoms with E-state index in [0.717, 1.165) is 10.4 Å². The lowest BCUT2D eigenvalue weighted by molar-refractivity contribution is -0.116. The number of hydrogen-bond acceptors (Lipinski definition) is 6. The van der Waals surface area contributed by atoms with Crippen molar-refractivity contribution >= 4 is 28.2 Å². The largest absolute Gasteiger partial charge is 0.478 e. The van der Waals surface area contributed by atoms with E-state index < -0.39 is 5.97 Å². The molecule has 9 heteroatoms. The second kappa shape index (κ2) is 5.78. The van der Waals surface area contributed by atoms with Gasteiger partial charge in [0.25, 0.3) is 0 Å². The molecule has 0 spiro atoms. The second-order valence-corrected chi connectivity index (χ2v) is 5.28. The minimum atomic E-state index is -1.04. The molecule has 0 bridgehead atoms. The number of carboxylic acid groups (broad SMARTS) is 1. The van der Waals surface area contributed by atoms with E-state index in [0.29, 0.717) is 11.4 Å². The van der Waals surface area contributed by atoms with Crippen LogP contribution in [0.4, 0.5) is 5.00 Å². The predicted octanol–water partition coefficient (Wildman–Crippen LogP) is 0.942. The van der Waals surface area contributed by atoms with Crippen LogP contribution < -0.4 is 5.32 Å². The Balaban J connectivity index is 2.20. The van der Waals surface area contributed by atoms with Crippen molar-refractivity contribution in [1.29, 1.82) is 0 Å². The zero-order chi connectivity index (χ0) is 14.7. The Kier molecular flexibility index (Phi) is 4.08. The maximum Gasteiger partial charge on any atom is 0.339 e. The number of carbonyl (C=O) groups excluding carboxylic acids is 1. The highest BCUT2D eigenvalue weighted by Crippen LogP contribution is 2.33. The van der Waals surface area contributed by atoms with E-state index >= 15 is 0 Å². The van der Waals surface area contributed by atoms with Gasteiger partial charge in [0, 0.05) is 4.88 Å². The van der Waals surface area contributed by atoms with Crippen LogP contribution >= 0.6 is 11.3 Å². The minimum Gasteiger partial charge on any atom is -0.478 e. The number of carboxylic acids is 1. The molecule has 2 rings (SSSR count). The Morgan fingerprint density at radius 3 is 2.80 bits per heavy atom. The zero-order valence-electron chi connectivity index (χ0n) is 11.0. The van der Waals surface area contributed by atoms with Gasteiger partial charge in [-0.2, -0.15) is 0 Å². The molecule has 0 radical (unpaired) electrons. The van der Waals surface area contributed by atoms with Gasteiger partial charge >= 0.3 is 5.97 Å². The summed E-state index contributed by atoms with van der Waals surface area (Å²) in [7, 11) is 0. The first-order valence-electron chi connectivity index (χ1n) is 5.89. The van der Waals surface area contributed by atoms with Crippen molar-refractivity contribution in [3.05, 3.63) is 22.3 Å². The number of aromatic carboxylic acids is 1. The summed E-state index contributed by atoms with van der Waals surface area (Å²) >= 11 is 1.26. The van der Waals surface area contributed by atoms with E-state index in [1.165, 1.54) is 22.3 Å². The number of aryl methyl sites for hydroxylation is 1. The first-order valence-corrected chi connectivity index (χ1v) is 6.70. The molecule has 2 heterocycles. The van der Waals surface area contributed by atoms with E-state index in [9.17, 15) is 14.7 Å². The molecule has 1 amide bonds. The molecule has 20 heavy (non-hydrogen) atoms. The van der Waals surface area contributed by atoms with Crippen LogP contribution in [-0.2, 0) is 17.8 Å². The van der Waals surface area contributed by atoms with Crippen molar-refractivity contribution in [2.24, 2.45) is 0 Å². The van der Waals surface area contributed by atoms with Crippen LogP contribution in [0.2, 0.25) is 0 Å². The predicted molar refractivity (Wildman–Crippen MR) is 71.8 cm³/mol. The fourth-order valence-electron chi connectivity index (χ4n) is 1.88. The topological polar surface area (TPSA) is 110 Å². The molecule has 0 saturated carbocycles. The van der Waals surface area contributed by atoms with Crippen LogP contribution in [0, 0.1) is 6.92 Å². The summed E-state index contributed by atoms with van der Waals surface area (Å²) in [6.45, 7) is 3.66. The Morgan fingerprint density at radius 1 is 1.50 bits per heavy atom. The highest BCUT2D eigenvalue weighted by molar-refractivity contribution is 7.16. The SMILES string of the molecule is CCc1c(C)sc(NC(=O)Cn2cnnn2)c1C(=O)O. The first kappa shape index (κ1) is 14.1. The maximum absolute atomic E-state index is 11.8. The first-order chi connectivity index (χ1) is 9.52. The maximum atomic E-state index is 11.8. The lowest BCUT2D eigenvalue weighted by atomic mass is 10.1. The molecule has 106 valence electrons. The van der Waals surface area contributed by atoms with Gasteiger partial charge in [-0.3, -0.25) is 4.79 Å². The number of thiophene rings is 1. The van der Waals surface area contributed by atoms with Crippen LogP contribution in [0.1, 0.15) is 27.7 Å². The number of carbonyl (C=O) groups is 2. The fourth-order valence-corrected chi connectivity index (χ4v) is 3.04. The van der Waals surface area contributed by atoms with E-state index in [-0.39, 0.29) is 18.0 Å². The van der Waals surface area contributed by atoms with Crippen molar-refractivity contribution in [3.63, 3.8) is 0 Å². The molecule has 0 saturated heterocycles. The van der Waals surface area contributed by atoms with Crippen LogP contribution in [0.3, 0.4) is 0 Å². The van der Waals surface area contributed by atoms with Gasteiger partial charge in [-0.1, -0.05) is 6.92 Å². The monoisotopic (exact) mass is 295 g/mol.